The summed E-state index contributed by atoms with van der Waals surface area (Å²) in [6.07, 6.45) is 4.34. The van der Waals surface area contributed by atoms with Crippen molar-refractivity contribution in [3.8, 4) is 0 Å². The molecule has 1 atom stereocenters. The van der Waals surface area contributed by atoms with Crippen molar-refractivity contribution in [2.24, 2.45) is 0 Å². The lowest BCUT2D eigenvalue weighted by atomic mass is 10.2. The first kappa shape index (κ1) is 8.51. The van der Waals surface area contributed by atoms with E-state index in [0.29, 0.717) is 17.5 Å². The van der Waals surface area contributed by atoms with E-state index in [0.717, 1.165) is 12.8 Å². The molecule has 0 aromatic rings. The van der Waals surface area contributed by atoms with Gasteiger partial charge in [0.2, 0.25) is 0 Å². The minimum absolute atomic E-state index is 0.247. The molecule has 1 aliphatic heterocycles. The summed E-state index contributed by atoms with van der Waals surface area (Å²) in [6, 6.07) is 0.875. The molecular formula is C8H15NO2S. The molecular weight excluding hydrogens is 174 g/mol. The van der Waals surface area contributed by atoms with Gasteiger partial charge in [-0.2, -0.15) is 0 Å². The topological polar surface area (TPSA) is 46.2 Å². The molecule has 1 unspecified atom stereocenters. The Morgan fingerprint density at radius 1 is 1.08 bits per heavy atom. The maximum Gasteiger partial charge on any atom is 0.151 e. The van der Waals surface area contributed by atoms with E-state index < -0.39 is 9.84 Å². The fourth-order valence-corrected chi connectivity index (χ4v) is 3.39. The second kappa shape index (κ2) is 3.00. The van der Waals surface area contributed by atoms with Gasteiger partial charge in [0.05, 0.1) is 11.5 Å². The van der Waals surface area contributed by atoms with Crippen LogP contribution in [0.5, 0.6) is 0 Å². The molecule has 0 aromatic carbocycles. The summed E-state index contributed by atoms with van der Waals surface area (Å²) in [4.78, 5) is 0. The van der Waals surface area contributed by atoms with Gasteiger partial charge in [0, 0.05) is 12.1 Å². The molecule has 0 aromatic heterocycles. The van der Waals surface area contributed by atoms with Gasteiger partial charge in [-0.1, -0.05) is 0 Å². The number of hydrogen-bond donors (Lipinski definition) is 1. The summed E-state index contributed by atoms with van der Waals surface area (Å²) in [5, 5.41) is 3.37. The molecule has 1 saturated heterocycles. The Hall–Kier alpha value is -0.0900. The first-order valence-electron chi connectivity index (χ1n) is 4.62. The minimum atomic E-state index is -2.71. The zero-order valence-electron chi connectivity index (χ0n) is 7.12. The van der Waals surface area contributed by atoms with Crippen LogP contribution in [0.2, 0.25) is 0 Å². The van der Waals surface area contributed by atoms with Crippen molar-refractivity contribution in [1.82, 2.24) is 5.32 Å². The Bertz CT molecular complexity index is 256. The summed E-state index contributed by atoms with van der Waals surface area (Å²) in [6.45, 7) is 0. The molecule has 0 amide bonds. The van der Waals surface area contributed by atoms with Gasteiger partial charge >= 0.3 is 0 Å². The Kier molecular flexibility index (Phi) is 2.12. The van der Waals surface area contributed by atoms with Gasteiger partial charge < -0.3 is 5.32 Å². The van der Waals surface area contributed by atoms with Crippen LogP contribution in [-0.2, 0) is 9.84 Å². The summed E-state index contributed by atoms with van der Waals surface area (Å²) in [5.41, 5.74) is 0. The fourth-order valence-electron chi connectivity index (χ4n) is 1.74. The second-order valence-electron chi connectivity index (χ2n) is 3.89. The highest BCUT2D eigenvalue weighted by atomic mass is 32.2. The molecule has 2 fully saturated rings. The van der Waals surface area contributed by atoms with Crippen LogP contribution in [0.1, 0.15) is 25.7 Å². The zero-order valence-corrected chi connectivity index (χ0v) is 7.94. The van der Waals surface area contributed by atoms with Crippen molar-refractivity contribution in [1.29, 1.82) is 0 Å². The Balaban J connectivity index is 1.89. The second-order valence-corrected chi connectivity index (χ2v) is 6.12. The largest absolute Gasteiger partial charge is 0.310 e. The monoisotopic (exact) mass is 189 g/mol. The normalized spacial score (nSPS) is 34.8. The van der Waals surface area contributed by atoms with Crippen LogP contribution in [0.3, 0.4) is 0 Å². The maximum absolute atomic E-state index is 11.2. The number of rotatable bonds is 2. The van der Waals surface area contributed by atoms with Gasteiger partial charge in [0.1, 0.15) is 0 Å². The summed E-state index contributed by atoms with van der Waals surface area (Å²) < 4.78 is 22.4. The van der Waals surface area contributed by atoms with E-state index in [4.69, 9.17) is 0 Å². The SMILES string of the molecule is O=S1(=O)CCCC(NC2CC2)C1. The van der Waals surface area contributed by atoms with Crippen molar-refractivity contribution >= 4 is 9.84 Å². The van der Waals surface area contributed by atoms with Crippen LogP contribution >= 0.6 is 0 Å². The van der Waals surface area contributed by atoms with E-state index in [1.54, 1.807) is 0 Å². The third-order valence-corrected chi connectivity index (χ3v) is 4.33. The molecule has 0 radical (unpaired) electrons. The lowest BCUT2D eigenvalue weighted by molar-refractivity contribution is 0.479. The van der Waals surface area contributed by atoms with Crippen molar-refractivity contribution < 1.29 is 8.42 Å². The molecule has 4 heteroatoms. The van der Waals surface area contributed by atoms with Crippen molar-refractivity contribution in [2.45, 2.75) is 37.8 Å². The van der Waals surface area contributed by atoms with E-state index in [2.05, 4.69) is 5.32 Å². The van der Waals surface area contributed by atoms with Gasteiger partial charge in [-0.15, -0.1) is 0 Å². The fraction of sp³-hybridized carbons (Fsp3) is 1.00. The maximum atomic E-state index is 11.2. The van der Waals surface area contributed by atoms with Gasteiger partial charge in [-0.25, -0.2) is 8.42 Å². The molecule has 3 nitrogen and oxygen atoms in total. The first-order valence-corrected chi connectivity index (χ1v) is 6.44. The van der Waals surface area contributed by atoms with Crippen LogP contribution in [0.25, 0.3) is 0 Å². The highest BCUT2D eigenvalue weighted by Crippen LogP contribution is 2.22. The van der Waals surface area contributed by atoms with Crippen LogP contribution in [0.15, 0.2) is 0 Å². The van der Waals surface area contributed by atoms with E-state index >= 15 is 0 Å². The van der Waals surface area contributed by atoms with Crippen LogP contribution in [-0.4, -0.2) is 32.0 Å². The number of nitrogens with one attached hydrogen (secondary N) is 1. The van der Waals surface area contributed by atoms with Crippen molar-refractivity contribution in [3.05, 3.63) is 0 Å². The summed E-state index contributed by atoms with van der Waals surface area (Å²) in [7, 11) is -2.71. The highest BCUT2D eigenvalue weighted by molar-refractivity contribution is 7.91. The molecule has 12 heavy (non-hydrogen) atoms. The van der Waals surface area contributed by atoms with E-state index in [1.807, 2.05) is 0 Å². The lowest BCUT2D eigenvalue weighted by Crippen LogP contribution is -2.41. The Morgan fingerprint density at radius 3 is 2.42 bits per heavy atom. The predicted molar refractivity (Wildman–Crippen MR) is 47.8 cm³/mol. The van der Waals surface area contributed by atoms with E-state index in [9.17, 15) is 8.42 Å². The van der Waals surface area contributed by atoms with Crippen molar-refractivity contribution in [2.75, 3.05) is 11.5 Å². The highest BCUT2D eigenvalue weighted by Gasteiger charge is 2.29. The third kappa shape index (κ3) is 2.20. The summed E-state index contributed by atoms with van der Waals surface area (Å²) in [5.74, 6) is 0.763. The van der Waals surface area contributed by atoms with Crippen molar-refractivity contribution in [3.63, 3.8) is 0 Å². The molecule has 70 valence electrons. The Morgan fingerprint density at radius 2 is 1.83 bits per heavy atom. The zero-order chi connectivity index (χ0) is 8.60. The number of hydrogen-bond acceptors (Lipinski definition) is 3. The lowest BCUT2D eigenvalue weighted by Gasteiger charge is -2.22. The molecule has 1 N–H and O–H groups in total. The molecule has 0 spiro atoms. The van der Waals surface area contributed by atoms with Gasteiger partial charge in [-0.3, -0.25) is 0 Å². The molecule has 1 saturated carbocycles. The predicted octanol–water partition coefficient (Wildman–Crippen LogP) is 0.316. The average Bonchev–Trinajstić information content (AvgIpc) is 2.69. The average molecular weight is 189 g/mol. The quantitative estimate of drug-likeness (QED) is 0.680. The van der Waals surface area contributed by atoms with Gasteiger partial charge in [0.15, 0.2) is 9.84 Å². The van der Waals surface area contributed by atoms with Gasteiger partial charge in [0.25, 0.3) is 0 Å². The molecule has 2 rings (SSSR count). The Labute approximate surface area is 73.5 Å². The molecule has 0 bridgehead atoms. The summed E-state index contributed by atoms with van der Waals surface area (Å²) >= 11 is 0. The smallest absolute Gasteiger partial charge is 0.151 e. The first-order chi connectivity index (χ1) is 5.66. The van der Waals surface area contributed by atoms with E-state index in [-0.39, 0.29) is 6.04 Å². The molecule has 1 heterocycles. The van der Waals surface area contributed by atoms with E-state index in [1.165, 1.54) is 12.8 Å². The van der Waals surface area contributed by atoms with Crippen LogP contribution in [0, 0.1) is 0 Å². The van der Waals surface area contributed by atoms with Crippen LogP contribution in [0.4, 0.5) is 0 Å². The minimum Gasteiger partial charge on any atom is -0.310 e. The standard InChI is InChI=1S/C8H15NO2S/c10-12(11)5-1-2-8(6-12)9-7-3-4-7/h7-9H,1-6H2. The third-order valence-electron chi connectivity index (χ3n) is 2.51. The number of sulfone groups is 1. The molecule has 1 aliphatic carbocycles. The van der Waals surface area contributed by atoms with Crippen LogP contribution < -0.4 is 5.32 Å². The van der Waals surface area contributed by atoms with Gasteiger partial charge in [-0.05, 0) is 25.7 Å². The molecule has 2 aliphatic rings.